The van der Waals surface area contributed by atoms with Crippen LogP contribution in [-0.4, -0.2) is 35.5 Å². The van der Waals surface area contributed by atoms with E-state index in [1.807, 2.05) is 12.1 Å². The summed E-state index contributed by atoms with van der Waals surface area (Å²) in [6.07, 6.45) is 2.46. The van der Waals surface area contributed by atoms with E-state index in [-0.39, 0.29) is 16.7 Å². The number of hydrogen-bond donors (Lipinski definition) is 1. The SMILES string of the molecule is CC(c1ccccc1[N+](=O)[O-])N1CCCC2CNCC21. The van der Waals surface area contributed by atoms with Crippen LogP contribution in [0.3, 0.4) is 0 Å². The molecular weight excluding hydrogens is 254 g/mol. The van der Waals surface area contributed by atoms with E-state index in [1.165, 1.54) is 12.8 Å². The van der Waals surface area contributed by atoms with Crippen molar-refractivity contribution < 1.29 is 4.92 Å². The first kappa shape index (κ1) is 13.5. The summed E-state index contributed by atoms with van der Waals surface area (Å²) in [6.45, 7) is 5.24. The second-order valence-corrected chi connectivity index (χ2v) is 5.86. The molecule has 108 valence electrons. The highest BCUT2D eigenvalue weighted by atomic mass is 16.6. The Kier molecular flexibility index (Phi) is 3.72. The zero-order valence-corrected chi connectivity index (χ0v) is 11.8. The van der Waals surface area contributed by atoms with Gasteiger partial charge in [-0.25, -0.2) is 0 Å². The monoisotopic (exact) mass is 275 g/mol. The average Bonchev–Trinajstić information content (AvgIpc) is 2.94. The van der Waals surface area contributed by atoms with Crippen LogP contribution < -0.4 is 5.32 Å². The molecule has 5 nitrogen and oxygen atoms in total. The molecule has 20 heavy (non-hydrogen) atoms. The number of nitrogens with zero attached hydrogens (tertiary/aromatic N) is 2. The van der Waals surface area contributed by atoms with Crippen molar-refractivity contribution in [2.45, 2.75) is 31.8 Å². The number of benzene rings is 1. The van der Waals surface area contributed by atoms with E-state index in [1.54, 1.807) is 12.1 Å². The first-order valence-corrected chi connectivity index (χ1v) is 7.38. The Bertz CT molecular complexity index is 506. The summed E-state index contributed by atoms with van der Waals surface area (Å²) in [6, 6.07) is 7.77. The van der Waals surface area contributed by atoms with Gasteiger partial charge in [0.25, 0.3) is 5.69 Å². The molecule has 2 aliphatic rings. The van der Waals surface area contributed by atoms with Crippen LogP contribution in [0.25, 0.3) is 0 Å². The third kappa shape index (κ3) is 2.31. The zero-order chi connectivity index (χ0) is 14.1. The van der Waals surface area contributed by atoms with Crippen molar-refractivity contribution in [3.63, 3.8) is 0 Å². The average molecular weight is 275 g/mol. The van der Waals surface area contributed by atoms with Gasteiger partial charge in [0, 0.05) is 30.3 Å². The van der Waals surface area contributed by atoms with Gasteiger partial charge in [-0.3, -0.25) is 15.0 Å². The molecule has 1 aromatic rings. The van der Waals surface area contributed by atoms with Crippen LogP contribution in [0.2, 0.25) is 0 Å². The molecule has 0 amide bonds. The summed E-state index contributed by atoms with van der Waals surface area (Å²) in [5.74, 6) is 0.703. The van der Waals surface area contributed by atoms with Crippen LogP contribution in [-0.2, 0) is 0 Å². The van der Waals surface area contributed by atoms with Gasteiger partial charge in [-0.1, -0.05) is 18.2 Å². The van der Waals surface area contributed by atoms with Crippen LogP contribution in [0.15, 0.2) is 24.3 Å². The van der Waals surface area contributed by atoms with Gasteiger partial charge in [0.2, 0.25) is 0 Å². The Morgan fingerprint density at radius 1 is 1.40 bits per heavy atom. The summed E-state index contributed by atoms with van der Waals surface area (Å²) in [5.41, 5.74) is 1.08. The number of likely N-dealkylation sites (tertiary alicyclic amines) is 1. The standard InChI is InChI=1S/C15H21N3O2/c1-11(13-6-2-3-7-14(13)18(19)20)17-8-4-5-12-9-16-10-15(12)17/h2-3,6-7,11-12,15-16H,4-5,8-10H2,1H3. The highest BCUT2D eigenvalue weighted by Gasteiger charge is 2.38. The lowest BCUT2D eigenvalue weighted by molar-refractivity contribution is -0.386. The lowest BCUT2D eigenvalue weighted by Crippen LogP contribution is -2.46. The number of para-hydroxylation sites is 1. The van der Waals surface area contributed by atoms with E-state index in [9.17, 15) is 10.1 Å². The fourth-order valence-electron chi connectivity index (χ4n) is 3.77. The van der Waals surface area contributed by atoms with Crippen LogP contribution in [0, 0.1) is 16.0 Å². The molecule has 5 heteroatoms. The molecule has 3 atom stereocenters. The van der Waals surface area contributed by atoms with Gasteiger partial charge in [-0.2, -0.15) is 0 Å². The number of nitrogens with one attached hydrogen (secondary N) is 1. The number of piperidine rings is 1. The normalized spacial score (nSPS) is 28.1. The fraction of sp³-hybridized carbons (Fsp3) is 0.600. The summed E-state index contributed by atoms with van der Waals surface area (Å²) >= 11 is 0. The molecule has 0 bridgehead atoms. The first-order chi connectivity index (χ1) is 9.68. The highest BCUT2D eigenvalue weighted by molar-refractivity contribution is 5.42. The summed E-state index contributed by atoms with van der Waals surface area (Å²) in [4.78, 5) is 13.4. The molecule has 2 saturated heterocycles. The number of fused-ring (bicyclic) bond motifs is 1. The molecule has 0 saturated carbocycles. The number of rotatable bonds is 3. The van der Waals surface area contributed by atoms with Crippen molar-refractivity contribution in [3.05, 3.63) is 39.9 Å². The van der Waals surface area contributed by atoms with Gasteiger partial charge < -0.3 is 5.32 Å². The largest absolute Gasteiger partial charge is 0.315 e. The van der Waals surface area contributed by atoms with Gasteiger partial charge in [-0.05, 0) is 38.8 Å². The second kappa shape index (κ2) is 5.50. The van der Waals surface area contributed by atoms with Crippen molar-refractivity contribution in [3.8, 4) is 0 Å². The van der Waals surface area contributed by atoms with Crippen LogP contribution in [0.4, 0.5) is 5.69 Å². The lowest BCUT2D eigenvalue weighted by Gasteiger charge is -2.41. The number of nitro groups is 1. The van der Waals surface area contributed by atoms with Crippen molar-refractivity contribution in [2.75, 3.05) is 19.6 Å². The molecule has 2 aliphatic heterocycles. The molecule has 2 fully saturated rings. The van der Waals surface area contributed by atoms with Crippen LogP contribution >= 0.6 is 0 Å². The second-order valence-electron chi connectivity index (χ2n) is 5.86. The van der Waals surface area contributed by atoms with E-state index in [4.69, 9.17) is 0 Å². The molecule has 3 unspecified atom stereocenters. The van der Waals surface area contributed by atoms with Crippen molar-refractivity contribution in [2.24, 2.45) is 5.92 Å². The maximum atomic E-state index is 11.2. The Hall–Kier alpha value is -1.46. The molecule has 0 spiro atoms. The summed E-state index contributed by atoms with van der Waals surface area (Å²) in [5, 5.41) is 14.7. The molecule has 0 aliphatic carbocycles. The molecule has 3 rings (SSSR count). The van der Waals surface area contributed by atoms with E-state index < -0.39 is 0 Å². The topological polar surface area (TPSA) is 58.4 Å². The molecule has 0 aromatic heterocycles. The van der Waals surface area contributed by atoms with Crippen LogP contribution in [0.1, 0.15) is 31.4 Å². The maximum Gasteiger partial charge on any atom is 0.274 e. The number of hydrogen-bond acceptors (Lipinski definition) is 4. The van der Waals surface area contributed by atoms with Crippen LogP contribution in [0.5, 0.6) is 0 Å². The van der Waals surface area contributed by atoms with Gasteiger partial charge in [0.1, 0.15) is 0 Å². The van der Waals surface area contributed by atoms with Crippen molar-refractivity contribution in [1.82, 2.24) is 10.2 Å². The molecule has 1 aromatic carbocycles. The Balaban J connectivity index is 1.88. The van der Waals surface area contributed by atoms with Crippen molar-refractivity contribution >= 4 is 5.69 Å². The Morgan fingerprint density at radius 3 is 3.00 bits per heavy atom. The first-order valence-electron chi connectivity index (χ1n) is 7.38. The van der Waals surface area contributed by atoms with E-state index >= 15 is 0 Å². The molecule has 1 N–H and O–H groups in total. The van der Waals surface area contributed by atoms with Gasteiger partial charge in [0.15, 0.2) is 0 Å². The minimum absolute atomic E-state index is 0.101. The van der Waals surface area contributed by atoms with E-state index in [0.717, 1.165) is 25.2 Å². The highest BCUT2D eigenvalue weighted by Crippen LogP contribution is 2.36. The molecule has 0 radical (unpaired) electrons. The van der Waals surface area contributed by atoms with Gasteiger partial charge >= 0.3 is 0 Å². The fourth-order valence-corrected chi connectivity index (χ4v) is 3.77. The smallest absolute Gasteiger partial charge is 0.274 e. The van der Waals surface area contributed by atoms with E-state index in [0.29, 0.717) is 12.0 Å². The van der Waals surface area contributed by atoms with Gasteiger partial charge in [-0.15, -0.1) is 0 Å². The van der Waals surface area contributed by atoms with Gasteiger partial charge in [0.05, 0.1) is 4.92 Å². The third-order valence-electron chi connectivity index (χ3n) is 4.80. The maximum absolute atomic E-state index is 11.2. The predicted octanol–water partition coefficient (Wildman–Crippen LogP) is 2.34. The van der Waals surface area contributed by atoms with E-state index in [2.05, 4.69) is 17.1 Å². The summed E-state index contributed by atoms with van der Waals surface area (Å²) < 4.78 is 0. The Morgan fingerprint density at radius 2 is 2.20 bits per heavy atom. The third-order valence-corrected chi connectivity index (χ3v) is 4.80. The predicted molar refractivity (Wildman–Crippen MR) is 77.6 cm³/mol. The Labute approximate surface area is 119 Å². The molecule has 2 heterocycles. The zero-order valence-electron chi connectivity index (χ0n) is 11.8. The number of nitro benzene ring substituents is 1. The molecular formula is C15H21N3O2. The quantitative estimate of drug-likeness (QED) is 0.679. The minimum atomic E-state index is -0.264. The lowest BCUT2D eigenvalue weighted by atomic mass is 9.89. The summed E-state index contributed by atoms with van der Waals surface area (Å²) in [7, 11) is 0. The minimum Gasteiger partial charge on any atom is -0.315 e. The van der Waals surface area contributed by atoms with Crippen molar-refractivity contribution in [1.29, 1.82) is 0 Å².